The molecule has 1 amide bonds. The van der Waals surface area contributed by atoms with Gasteiger partial charge in [-0.05, 0) is 49.2 Å². The van der Waals surface area contributed by atoms with Crippen molar-refractivity contribution in [2.24, 2.45) is 0 Å². The summed E-state index contributed by atoms with van der Waals surface area (Å²) in [7, 11) is 0. The van der Waals surface area contributed by atoms with Crippen LogP contribution in [-0.2, 0) is 11.3 Å². The molecule has 2 heterocycles. The average Bonchev–Trinajstić information content (AvgIpc) is 3.16. The van der Waals surface area contributed by atoms with Crippen molar-refractivity contribution >= 4 is 28.2 Å². The molecule has 4 aromatic rings. The van der Waals surface area contributed by atoms with Crippen LogP contribution in [0.4, 0.5) is 10.9 Å². The summed E-state index contributed by atoms with van der Waals surface area (Å²) >= 11 is 1.47. The van der Waals surface area contributed by atoms with E-state index in [1.54, 1.807) is 6.20 Å². The standard InChI is InChI=1S/C25H24N4OS/c1-16-11-17(2)13-21(12-16)23-24(31-25(29-23)28-18(3)30)20-9-10-26-22(14-20)27-15-19-7-5-4-6-8-19/h4-14H,15H2,1-3H3,(H,26,27)(H,28,29,30). The minimum Gasteiger partial charge on any atom is -0.366 e. The summed E-state index contributed by atoms with van der Waals surface area (Å²) in [6.07, 6.45) is 1.80. The fourth-order valence-electron chi connectivity index (χ4n) is 3.48. The van der Waals surface area contributed by atoms with Gasteiger partial charge in [0, 0.05) is 25.2 Å². The number of aryl methyl sites for hydroxylation is 2. The van der Waals surface area contributed by atoms with Gasteiger partial charge in [-0.15, -0.1) is 0 Å². The number of amides is 1. The van der Waals surface area contributed by atoms with Gasteiger partial charge in [0.2, 0.25) is 5.91 Å². The number of carbonyl (C=O) groups is 1. The van der Waals surface area contributed by atoms with Gasteiger partial charge in [0.15, 0.2) is 5.13 Å². The first-order valence-corrected chi connectivity index (χ1v) is 10.9. The second-order valence-electron chi connectivity index (χ2n) is 7.52. The lowest BCUT2D eigenvalue weighted by atomic mass is 10.0. The molecule has 0 aliphatic heterocycles. The molecule has 31 heavy (non-hydrogen) atoms. The predicted molar refractivity (Wildman–Crippen MR) is 128 cm³/mol. The SMILES string of the molecule is CC(=O)Nc1nc(-c2cc(C)cc(C)c2)c(-c2ccnc(NCc3ccccc3)c2)s1. The van der Waals surface area contributed by atoms with Crippen molar-refractivity contribution in [3.05, 3.63) is 83.6 Å². The highest BCUT2D eigenvalue weighted by molar-refractivity contribution is 7.19. The normalized spacial score (nSPS) is 10.7. The topological polar surface area (TPSA) is 66.9 Å². The average molecular weight is 429 g/mol. The Balaban J connectivity index is 1.71. The summed E-state index contributed by atoms with van der Waals surface area (Å²) in [4.78, 5) is 21.8. The van der Waals surface area contributed by atoms with Crippen LogP contribution in [0.5, 0.6) is 0 Å². The van der Waals surface area contributed by atoms with Crippen molar-refractivity contribution < 1.29 is 4.79 Å². The zero-order valence-electron chi connectivity index (χ0n) is 17.8. The third-order valence-corrected chi connectivity index (χ3v) is 5.76. The molecule has 0 spiro atoms. The van der Waals surface area contributed by atoms with Gasteiger partial charge < -0.3 is 10.6 Å². The van der Waals surface area contributed by atoms with Crippen molar-refractivity contribution in [3.63, 3.8) is 0 Å². The largest absolute Gasteiger partial charge is 0.366 e. The van der Waals surface area contributed by atoms with E-state index in [-0.39, 0.29) is 5.91 Å². The molecule has 2 N–H and O–H groups in total. The molecule has 0 aliphatic rings. The van der Waals surface area contributed by atoms with E-state index in [4.69, 9.17) is 4.98 Å². The van der Waals surface area contributed by atoms with Crippen LogP contribution in [0.15, 0.2) is 66.9 Å². The first kappa shape index (κ1) is 20.8. The summed E-state index contributed by atoms with van der Waals surface area (Å²) in [6, 6.07) is 20.6. The fraction of sp³-hybridized carbons (Fsp3) is 0.160. The summed E-state index contributed by atoms with van der Waals surface area (Å²) in [6.45, 7) is 6.35. The van der Waals surface area contributed by atoms with Crippen molar-refractivity contribution in [1.29, 1.82) is 0 Å². The molecule has 156 valence electrons. The summed E-state index contributed by atoms with van der Waals surface area (Å²) in [5.74, 6) is 0.662. The first-order chi connectivity index (χ1) is 15.0. The number of aromatic nitrogens is 2. The van der Waals surface area contributed by atoms with E-state index < -0.39 is 0 Å². The van der Waals surface area contributed by atoms with Crippen LogP contribution in [0.25, 0.3) is 21.7 Å². The maximum absolute atomic E-state index is 11.6. The molecule has 0 atom stereocenters. The second kappa shape index (κ2) is 9.10. The minimum atomic E-state index is -0.132. The molecule has 0 aliphatic carbocycles. The van der Waals surface area contributed by atoms with Crippen LogP contribution >= 0.6 is 11.3 Å². The highest BCUT2D eigenvalue weighted by atomic mass is 32.1. The van der Waals surface area contributed by atoms with Crippen LogP contribution in [0, 0.1) is 13.8 Å². The van der Waals surface area contributed by atoms with Crippen LogP contribution in [0.1, 0.15) is 23.6 Å². The number of nitrogens with zero attached hydrogens (tertiary/aromatic N) is 2. The Labute approximate surface area is 186 Å². The number of benzene rings is 2. The Kier molecular flexibility index (Phi) is 6.09. The molecular weight excluding hydrogens is 404 g/mol. The van der Waals surface area contributed by atoms with Crippen LogP contribution < -0.4 is 10.6 Å². The number of thiazole rings is 1. The van der Waals surface area contributed by atoms with Crippen LogP contribution in [0.3, 0.4) is 0 Å². The fourth-order valence-corrected chi connectivity index (χ4v) is 4.51. The lowest BCUT2D eigenvalue weighted by molar-refractivity contribution is -0.114. The van der Waals surface area contributed by atoms with Gasteiger partial charge in [0.25, 0.3) is 0 Å². The van der Waals surface area contributed by atoms with Crippen molar-refractivity contribution in [1.82, 2.24) is 9.97 Å². The van der Waals surface area contributed by atoms with Crippen molar-refractivity contribution in [3.8, 4) is 21.7 Å². The highest BCUT2D eigenvalue weighted by Gasteiger charge is 2.17. The molecule has 0 saturated heterocycles. The first-order valence-electron chi connectivity index (χ1n) is 10.1. The van der Waals surface area contributed by atoms with Crippen molar-refractivity contribution in [2.75, 3.05) is 10.6 Å². The van der Waals surface area contributed by atoms with E-state index in [0.29, 0.717) is 11.7 Å². The molecule has 0 radical (unpaired) electrons. The van der Waals surface area contributed by atoms with Crippen LogP contribution in [0.2, 0.25) is 0 Å². The van der Waals surface area contributed by atoms with Gasteiger partial charge in [0.05, 0.1) is 10.6 Å². The maximum atomic E-state index is 11.6. The van der Waals surface area contributed by atoms with E-state index in [0.717, 1.165) is 27.5 Å². The molecule has 0 bridgehead atoms. The lowest BCUT2D eigenvalue weighted by Crippen LogP contribution is -2.04. The van der Waals surface area contributed by atoms with Crippen LogP contribution in [-0.4, -0.2) is 15.9 Å². The zero-order chi connectivity index (χ0) is 21.8. The summed E-state index contributed by atoms with van der Waals surface area (Å²) < 4.78 is 0. The lowest BCUT2D eigenvalue weighted by Gasteiger charge is -2.09. The Bertz CT molecular complexity index is 1200. The van der Waals surface area contributed by atoms with E-state index in [1.165, 1.54) is 35.0 Å². The van der Waals surface area contributed by atoms with Crippen molar-refractivity contribution in [2.45, 2.75) is 27.3 Å². The number of rotatable bonds is 6. The molecular formula is C25H24N4OS. The molecule has 4 rings (SSSR count). The zero-order valence-corrected chi connectivity index (χ0v) is 18.6. The van der Waals surface area contributed by atoms with Gasteiger partial charge in [-0.2, -0.15) is 0 Å². The minimum absolute atomic E-state index is 0.132. The maximum Gasteiger partial charge on any atom is 0.223 e. The Morgan fingerprint density at radius 3 is 2.42 bits per heavy atom. The third-order valence-electron chi connectivity index (χ3n) is 4.74. The van der Waals surface area contributed by atoms with E-state index in [1.807, 2.05) is 30.3 Å². The Morgan fingerprint density at radius 1 is 0.968 bits per heavy atom. The number of anilines is 2. The molecule has 0 saturated carbocycles. The molecule has 2 aromatic heterocycles. The number of hydrogen-bond donors (Lipinski definition) is 2. The number of hydrogen-bond acceptors (Lipinski definition) is 5. The Hall–Kier alpha value is -3.51. The monoisotopic (exact) mass is 428 g/mol. The summed E-state index contributed by atoms with van der Waals surface area (Å²) in [5, 5.41) is 6.81. The van der Waals surface area contributed by atoms with Gasteiger partial charge in [-0.1, -0.05) is 58.9 Å². The Morgan fingerprint density at radius 2 is 1.71 bits per heavy atom. The quantitative estimate of drug-likeness (QED) is 0.392. The number of pyridine rings is 1. The van der Waals surface area contributed by atoms with Gasteiger partial charge in [-0.25, -0.2) is 9.97 Å². The molecule has 6 heteroatoms. The predicted octanol–water partition coefficient (Wildman–Crippen LogP) is 6.06. The number of nitrogens with one attached hydrogen (secondary N) is 2. The molecule has 0 unspecified atom stereocenters. The van der Waals surface area contributed by atoms with E-state index >= 15 is 0 Å². The third kappa shape index (κ3) is 5.16. The molecule has 0 fully saturated rings. The van der Waals surface area contributed by atoms with E-state index in [2.05, 4.69) is 59.8 Å². The highest BCUT2D eigenvalue weighted by Crippen LogP contribution is 2.40. The smallest absolute Gasteiger partial charge is 0.223 e. The van der Waals surface area contributed by atoms with E-state index in [9.17, 15) is 4.79 Å². The van der Waals surface area contributed by atoms with Gasteiger partial charge in [-0.3, -0.25) is 4.79 Å². The van der Waals surface area contributed by atoms with Gasteiger partial charge in [0.1, 0.15) is 5.82 Å². The molecule has 2 aromatic carbocycles. The molecule has 5 nitrogen and oxygen atoms in total. The second-order valence-corrected chi connectivity index (χ2v) is 8.52. The summed E-state index contributed by atoms with van der Waals surface area (Å²) in [5.41, 5.74) is 6.45. The number of carbonyl (C=O) groups excluding carboxylic acids is 1. The van der Waals surface area contributed by atoms with Gasteiger partial charge >= 0.3 is 0 Å².